The van der Waals surface area contributed by atoms with Gasteiger partial charge in [-0.15, -0.1) is 22.7 Å². The van der Waals surface area contributed by atoms with Crippen LogP contribution in [0.25, 0.3) is 10.6 Å². The molecule has 2 aromatic heterocycles. The van der Waals surface area contributed by atoms with Crippen molar-refractivity contribution in [3.8, 4) is 10.6 Å². The van der Waals surface area contributed by atoms with Gasteiger partial charge in [-0.25, -0.2) is 4.98 Å². The van der Waals surface area contributed by atoms with E-state index in [1.807, 2.05) is 35.7 Å². The van der Waals surface area contributed by atoms with Crippen molar-refractivity contribution in [2.24, 2.45) is 0 Å². The van der Waals surface area contributed by atoms with E-state index in [0.29, 0.717) is 6.42 Å². The summed E-state index contributed by atoms with van der Waals surface area (Å²) in [4.78, 5) is 19.4. The Morgan fingerprint density at radius 3 is 2.62 bits per heavy atom. The number of ketones is 1. The maximum atomic E-state index is 12.2. The molecule has 3 rings (SSSR count). The largest absolute Gasteiger partial charge is 0.294 e. The molecule has 1 aromatic carbocycles. The smallest absolute Gasteiger partial charge is 0.168 e. The fourth-order valence-corrected chi connectivity index (χ4v) is 4.13. The first-order chi connectivity index (χ1) is 10.1. The molecule has 0 radical (unpaired) electrons. The van der Waals surface area contributed by atoms with E-state index in [9.17, 15) is 4.79 Å². The molecular weight excluding hydrogens is 298 g/mol. The molecule has 0 atom stereocenters. The van der Waals surface area contributed by atoms with Crippen LogP contribution in [-0.4, -0.2) is 10.8 Å². The third-order valence-corrected chi connectivity index (χ3v) is 5.15. The Morgan fingerprint density at radius 1 is 1.19 bits per heavy atom. The second-order valence-corrected chi connectivity index (χ2v) is 7.26. The van der Waals surface area contributed by atoms with E-state index in [1.165, 1.54) is 15.3 Å². The Hall–Kier alpha value is -1.78. The summed E-state index contributed by atoms with van der Waals surface area (Å²) in [7, 11) is 0. The molecule has 0 aliphatic rings. The summed E-state index contributed by atoms with van der Waals surface area (Å²) in [6.07, 6.45) is 0.364. The Kier molecular flexibility index (Phi) is 3.99. The van der Waals surface area contributed by atoms with Gasteiger partial charge >= 0.3 is 0 Å². The molecule has 0 spiro atoms. The molecule has 0 fully saturated rings. The second-order valence-electron chi connectivity index (χ2n) is 4.94. The van der Waals surface area contributed by atoms with E-state index in [0.717, 1.165) is 16.3 Å². The number of nitrogens with zero attached hydrogens (tertiary/aromatic N) is 1. The molecule has 0 bridgehead atoms. The molecule has 0 N–H and O–H groups in total. The van der Waals surface area contributed by atoms with E-state index in [4.69, 9.17) is 0 Å². The fraction of sp³-hybridized carbons (Fsp3) is 0.176. The van der Waals surface area contributed by atoms with Crippen LogP contribution in [0.1, 0.15) is 25.8 Å². The lowest BCUT2D eigenvalue weighted by Crippen LogP contribution is -2.03. The number of Topliss-reactive ketones (excluding diaryl/α,β-unsaturated/α-hetero) is 1. The van der Waals surface area contributed by atoms with Gasteiger partial charge in [-0.05, 0) is 19.9 Å². The average Bonchev–Trinajstić information content (AvgIpc) is 3.06. The number of hydrogen-bond acceptors (Lipinski definition) is 4. The lowest BCUT2D eigenvalue weighted by molar-refractivity contribution is 0.0992. The van der Waals surface area contributed by atoms with Crippen LogP contribution in [0.15, 0.2) is 41.8 Å². The monoisotopic (exact) mass is 313 g/mol. The summed E-state index contributed by atoms with van der Waals surface area (Å²) in [5, 5.41) is 3.00. The predicted molar refractivity (Wildman–Crippen MR) is 89.4 cm³/mol. The zero-order valence-electron chi connectivity index (χ0n) is 11.9. The van der Waals surface area contributed by atoms with Gasteiger partial charge in [-0.1, -0.05) is 30.3 Å². The third-order valence-electron chi connectivity index (χ3n) is 3.26. The van der Waals surface area contributed by atoms with Crippen molar-refractivity contribution in [3.63, 3.8) is 0 Å². The SMILES string of the molecule is Cc1cc(-c2nc(CC(=O)c3ccccc3)cs2)c(C)s1. The summed E-state index contributed by atoms with van der Waals surface area (Å²) in [5.74, 6) is 0.116. The lowest BCUT2D eigenvalue weighted by atomic mass is 10.1. The molecule has 0 unspecified atom stereocenters. The van der Waals surface area contributed by atoms with Gasteiger partial charge < -0.3 is 0 Å². The van der Waals surface area contributed by atoms with Crippen LogP contribution in [0, 0.1) is 13.8 Å². The van der Waals surface area contributed by atoms with E-state index in [-0.39, 0.29) is 5.78 Å². The second kappa shape index (κ2) is 5.92. The zero-order valence-corrected chi connectivity index (χ0v) is 13.6. The number of rotatable bonds is 4. The highest BCUT2D eigenvalue weighted by atomic mass is 32.1. The molecule has 3 aromatic rings. The fourth-order valence-electron chi connectivity index (χ4n) is 2.25. The molecule has 0 aliphatic heterocycles. The van der Waals surface area contributed by atoms with E-state index >= 15 is 0 Å². The van der Waals surface area contributed by atoms with E-state index < -0.39 is 0 Å². The number of thiazole rings is 1. The van der Waals surface area contributed by atoms with Gasteiger partial charge in [-0.3, -0.25) is 4.79 Å². The lowest BCUT2D eigenvalue weighted by Gasteiger charge is -1.98. The quantitative estimate of drug-likeness (QED) is 0.640. The van der Waals surface area contributed by atoms with Crippen molar-refractivity contribution in [1.82, 2.24) is 4.98 Å². The summed E-state index contributed by atoms with van der Waals surface area (Å²) >= 11 is 3.39. The Bertz CT molecular complexity index is 771. The highest BCUT2D eigenvalue weighted by molar-refractivity contribution is 7.15. The standard InChI is InChI=1S/C17H15NOS2/c1-11-8-15(12(2)21-11)17-18-14(10-20-17)9-16(19)13-6-4-3-5-7-13/h3-8,10H,9H2,1-2H3. The van der Waals surface area contributed by atoms with Crippen molar-refractivity contribution >= 4 is 28.5 Å². The predicted octanol–water partition coefficient (Wildman–Crippen LogP) is 4.91. The molecule has 0 saturated carbocycles. The van der Waals surface area contributed by atoms with E-state index in [2.05, 4.69) is 24.9 Å². The topological polar surface area (TPSA) is 30.0 Å². The van der Waals surface area contributed by atoms with Gasteiger partial charge in [0.15, 0.2) is 5.78 Å². The normalized spacial score (nSPS) is 10.8. The maximum Gasteiger partial charge on any atom is 0.168 e. The Labute approximate surface area is 132 Å². The van der Waals surface area contributed by atoms with Crippen LogP contribution in [0.5, 0.6) is 0 Å². The first-order valence-electron chi connectivity index (χ1n) is 6.73. The number of aryl methyl sites for hydroxylation is 2. The number of thiophene rings is 1. The third kappa shape index (κ3) is 3.12. The Balaban J connectivity index is 1.80. The average molecular weight is 313 g/mol. The summed E-state index contributed by atoms with van der Waals surface area (Å²) in [6, 6.07) is 11.6. The van der Waals surface area contributed by atoms with Crippen molar-refractivity contribution < 1.29 is 4.79 Å². The van der Waals surface area contributed by atoms with Gasteiger partial charge in [0.1, 0.15) is 5.01 Å². The van der Waals surface area contributed by atoms with Gasteiger partial charge in [0.05, 0.1) is 12.1 Å². The molecule has 21 heavy (non-hydrogen) atoms. The van der Waals surface area contributed by atoms with Gasteiger partial charge in [-0.2, -0.15) is 0 Å². The van der Waals surface area contributed by atoms with Crippen LogP contribution in [-0.2, 0) is 6.42 Å². The number of benzene rings is 1. The van der Waals surface area contributed by atoms with Gasteiger partial charge in [0.2, 0.25) is 0 Å². The van der Waals surface area contributed by atoms with Crippen LogP contribution >= 0.6 is 22.7 Å². The number of hydrogen-bond donors (Lipinski definition) is 0. The summed E-state index contributed by atoms with van der Waals surface area (Å²) < 4.78 is 0. The van der Waals surface area contributed by atoms with Crippen molar-refractivity contribution in [2.45, 2.75) is 20.3 Å². The minimum Gasteiger partial charge on any atom is -0.294 e. The van der Waals surface area contributed by atoms with Crippen LogP contribution in [0.3, 0.4) is 0 Å². The number of aromatic nitrogens is 1. The van der Waals surface area contributed by atoms with Crippen LogP contribution in [0.2, 0.25) is 0 Å². The first kappa shape index (κ1) is 14.2. The van der Waals surface area contributed by atoms with Crippen molar-refractivity contribution in [1.29, 1.82) is 0 Å². The van der Waals surface area contributed by atoms with Crippen LogP contribution in [0.4, 0.5) is 0 Å². The highest BCUT2D eigenvalue weighted by Gasteiger charge is 2.13. The van der Waals surface area contributed by atoms with Crippen molar-refractivity contribution in [3.05, 3.63) is 62.8 Å². The van der Waals surface area contributed by atoms with E-state index in [1.54, 1.807) is 22.7 Å². The number of carbonyl (C=O) groups is 1. The Morgan fingerprint density at radius 2 is 1.95 bits per heavy atom. The number of carbonyl (C=O) groups excluding carboxylic acids is 1. The minimum atomic E-state index is 0.116. The van der Waals surface area contributed by atoms with Crippen molar-refractivity contribution in [2.75, 3.05) is 0 Å². The summed E-state index contributed by atoms with van der Waals surface area (Å²) in [5.41, 5.74) is 2.79. The molecule has 0 amide bonds. The molecular formula is C17H15NOS2. The van der Waals surface area contributed by atoms with Crippen LogP contribution < -0.4 is 0 Å². The zero-order chi connectivity index (χ0) is 14.8. The highest BCUT2D eigenvalue weighted by Crippen LogP contribution is 2.32. The molecule has 2 nitrogen and oxygen atoms in total. The maximum absolute atomic E-state index is 12.2. The molecule has 0 aliphatic carbocycles. The molecule has 2 heterocycles. The summed E-state index contributed by atoms with van der Waals surface area (Å²) in [6.45, 7) is 4.22. The van der Waals surface area contributed by atoms with Gasteiger partial charge in [0, 0.05) is 26.3 Å². The molecule has 106 valence electrons. The minimum absolute atomic E-state index is 0.116. The first-order valence-corrected chi connectivity index (χ1v) is 8.43. The molecule has 4 heteroatoms. The van der Waals surface area contributed by atoms with Gasteiger partial charge in [0.25, 0.3) is 0 Å². The molecule has 0 saturated heterocycles.